The van der Waals surface area contributed by atoms with E-state index < -0.39 is 10.0 Å². The third kappa shape index (κ3) is 2.74. The first-order valence-corrected chi connectivity index (χ1v) is 9.78. The van der Waals surface area contributed by atoms with Gasteiger partial charge in [0.05, 0.1) is 5.25 Å². The molecule has 2 aliphatic rings. The predicted molar refractivity (Wildman–Crippen MR) is 85.5 cm³/mol. The van der Waals surface area contributed by atoms with Crippen molar-refractivity contribution in [2.75, 3.05) is 24.5 Å². The Morgan fingerprint density at radius 3 is 2.59 bits per heavy atom. The molecular formula is C14H25N5O2S. The minimum absolute atomic E-state index is 0.360. The number of aromatic nitrogens is 3. The maximum atomic E-state index is 12.2. The molecule has 2 heterocycles. The van der Waals surface area contributed by atoms with E-state index in [0.717, 1.165) is 24.9 Å². The van der Waals surface area contributed by atoms with E-state index in [4.69, 9.17) is 0 Å². The maximum Gasteiger partial charge on any atom is 0.227 e. The first-order chi connectivity index (χ1) is 10.6. The minimum Gasteiger partial charge on any atom is -0.340 e. The summed E-state index contributed by atoms with van der Waals surface area (Å²) < 4.78 is 29.1. The van der Waals surface area contributed by atoms with Crippen LogP contribution in [0.25, 0.3) is 0 Å². The quantitative estimate of drug-likeness (QED) is 0.846. The molecular weight excluding hydrogens is 302 g/mol. The molecule has 124 valence electrons. The molecule has 7 nitrogen and oxygen atoms in total. The van der Waals surface area contributed by atoms with Gasteiger partial charge in [0.15, 0.2) is 0 Å². The molecule has 0 bridgehead atoms. The van der Waals surface area contributed by atoms with Gasteiger partial charge in [-0.2, -0.15) is 0 Å². The van der Waals surface area contributed by atoms with Crippen molar-refractivity contribution < 1.29 is 8.42 Å². The Balaban J connectivity index is 1.77. The highest BCUT2D eigenvalue weighted by molar-refractivity contribution is 7.90. The van der Waals surface area contributed by atoms with Crippen LogP contribution in [0.2, 0.25) is 0 Å². The van der Waals surface area contributed by atoms with Gasteiger partial charge in [-0.1, -0.05) is 13.3 Å². The van der Waals surface area contributed by atoms with E-state index >= 15 is 0 Å². The molecule has 1 N–H and O–H groups in total. The molecule has 1 atom stereocenters. The van der Waals surface area contributed by atoms with Crippen LogP contribution in [-0.2, 0) is 16.6 Å². The molecule has 1 saturated heterocycles. The molecule has 8 heteroatoms. The van der Waals surface area contributed by atoms with Gasteiger partial charge >= 0.3 is 0 Å². The summed E-state index contributed by atoms with van der Waals surface area (Å²) in [5.74, 6) is 2.44. The zero-order valence-corrected chi connectivity index (χ0v) is 14.1. The van der Waals surface area contributed by atoms with E-state index in [1.165, 1.54) is 19.3 Å². The van der Waals surface area contributed by atoms with E-state index in [1.54, 1.807) is 0 Å². The molecule has 1 aliphatic carbocycles. The van der Waals surface area contributed by atoms with Crippen molar-refractivity contribution in [1.82, 2.24) is 19.5 Å². The van der Waals surface area contributed by atoms with Gasteiger partial charge in [0.2, 0.25) is 16.0 Å². The minimum atomic E-state index is -3.22. The van der Waals surface area contributed by atoms with Gasteiger partial charge in [0, 0.05) is 32.1 Å². The van der Waals surface area contributed by atoms with E-state index in [-0.39, 0.29) is 5.25 Å². The number of nitrogens with zero attached hydrogens (tertiary/aromatic N) is 4. The Morgan fingerprint density at radius 2 is 2.00 bits per heavy atom. The Bertz CT molecular complexity index is 623. The van der Waals surface area contributed by atoms with Gasteiger partial charge in [-0.25, -0.2) is 13.1 Å². The van der Waals surface area contributed by atoms with Crippen molar-refractivity contribution in [3.05, 3.63) is 5.82 Å². The summed E-state index contributed by atoms with van der Waals surface area (Å²) in [6.07, 6.45) is 4.29. The van der Waals surface area contributed by atoms with Crippen LogP contribution in [0.1, 0.15) is 51.3 Å². The SMILES string of the molecule is CCNS(=O)(=O)[C@H]1CCN(c2nnc(C3CCC3)n2CC)C1. The lowest BCUT2D eigenvalue weighted by atomic mass is 9.85. The van der Waals surface area contributed by atoms with Gasteiger partial charge in [0.25, 0.3) is 0 Å². The fourth-order valence-corrected chi connectivity index (χ4v) is 4.72. The summed E-state index contributed by atoms with van der Waals surface area (Å²) >= 11 is 0. The smallest absolute Gasteiger partial charge is 0.227 e. The van der Waals surface area contributed by atoms with E-state index in [2.05, 4.69) is 31.3 Å². The summed E-state index contributed by atoms with van der Waals surface area (Å²) in [5.41, 5.74) is 0. The number of rotatable bonds is 6. The largest absolute Gasteiger partial charge is 0.340 e. The summed E-state index contributed by atoms with van der Waals surface area (Å²) in [7, 11) is -3.22. The van der Waals surface area contributed by atoms with Gasteiger partial charge in [0.1, 0.15) is 5.82 Å². The molecule has 1 aliphatic heterocycles. The molecule has 0 amide bonds. The summed E-state index contributed by atoms with van der Waals surface area (Å²) in [6, 6.07) is 0. The molecule has 0 spiro atoms. The maximum absolute atomic E-state index is 12.2. The van der Waals surface area contributed by atoms with Crippen LogP contribution in [0.4, 0.5) is 5.95 Å². The summed E-state index contributed by atoms with van der Waals surface area (Å²) in [6.45, 7) is 6.39. The molecule has 1 aromatic rings. The van der Waals surface area contributed by atoms with Crippen molar-refractivity contribution in [3.8, 4) is 0 Å². The Hall–Kier alpha value is -1.15. The first kappa shape index (κ1) is 15.7. The highest BCUT2D eigenvalue weighted by Gasteiger charge is 2.35. The van der Waals surface area contributed by atoms with E-state index in [1.807, 2.05) is 6.92 Å². The van der Waals surface area contributed by atoms with Crippen LogP contribution in [0, 0.1) is 0 Å². The lowest BCUT2D eigenvalue weighted by Gasteiger charge is -2.26. The number of anilines is 1. The van der Waals surface area contributed by atoms with Gasteiger partial charge in [-0.05, 0) is 26.2 Å². The second kappa shape index (κ2) is 6.16. The number of sulfonamides is 1. The molecule has 0 unspecified atom stereocenters. The lowest BCUT2D eigenvalue weighted by Crippen LogP contribution is -2.36. The van der Waals surface area contributed by atoms with Crippen molar-refractivity contribution in [3.63, 3.8) is 0 Å². The van der Waals surface area contributed by atoms with Gasteiger partial charge < -0.3 is 4.90 Å². The van der Waals surface area contributed by atoms with Crippen LogP contribution in [-0.4, -0.2) is 48.1 Å². The molecule has 22 heavy (non-hydrogen) atoms. The standard InChI is InChI=1S/C14H25N5O2S/c1-3-15-22(20,21)12-8-9-18(10-12)14-17-16-13(19(14)4-2)11-6-5-7-11/h11-12,15H,3-10H2,1-2H3/t12-/m0/s1. The first-order valence-electron chi connectivity index (χ1n) is 8.23. The van der Waals surface area contributed by atoms with E-state index in [9.17, 15) is 8.42 Å². The highest BCUT2D eigenvalue weighted by atomic mass is 32.2. The Labute approximate surface area is 132 Å². The Morgan fingerprint density at radius 1 is 1.23 bits per heavy atom. The number of nitrogens with one attached hydrogen (secondary N) is 1. The van der Waals surface area contributed by atoms with Crippen LogP contribution in [0.3, 0.4) is 0 Å². The van der Waals surface area contributed by atoms with Crippen molar-refractivity contribution in [2.24, 2.45) is 0 Å². The molecule has 0 aromatic carbocycles. The highest BCUT2D eigenvalue weighted by Crippen LogP contribution is 2.36. The van der Waals surface area contributed by atoms with Crippen LogP contribution in [0.15, 0.2) is 0 Å². The monoisotopic (exact) mass is 327 g/mol. The number of hydrogen-bond acceptors (Lipinski definition) is 5. The predicted octanol–water partition coefficient (Wildman–Crippen LogP) is 1.08. The third-order valence-electron chi connectivity index (χ3n) is 4.76. The van der Waals surface area contributed by atoms with Crippen molar-refractivity contribution >= 4 is 16.0 Å². The lowest BCUT2D eigenvalue weighted by molar-refractivity contribution is 0.388. The van der Waals surface area contributed by atoms with Gasteiger partial charge in [-0.15, -0.1) is 10.2 Å². The topological polar surface area (TPSA) is 80.1 Å². The van der Waals surface area contributed by atoms with Crippen molar-refractivity contribution in [1.29, 1.82) is 0 Å². The fraction of sp³-hybridized carbons (Fsp3) is 0.857. The van der Waals surface area contributed by atoms with Crippen LogP contribution < -0.4 is 9.62 Å². The zero-order valence-electron chi connectivity index (χ0n) is 13.3. The fourth-order valence-electron chi connectivity index (χ4n) is 3.29. The average Bonchev–Trinajstić information content (AvgIpc) is 3.02. The Kier molecular flexibility index (Phi) is 4.40. The molecule has 3 rings (SSSR count). The van der Waals surface area contributed by atoms with Crippen LogP contribution in [0.5, 0.6) is 0 Å². The second-order valence-electron chi connectivity index (χ2n) is 6.13. The summed E-state index contributed by atoms with van der Waals surface area (Å²) in [5, 5.41) is 8.38. The van der Waals surface area contributed by atoms with E-state index in [0.29, 0.717) is 25.4 Å². The molecule has 0 radical (unpaired) electrons. The van der Waals surface area contributed by atoms with Crippen molar-refractivity contribution in [2.45, 2.75) is 57.2 Å². The summed E-state index contributed by atoms with van der Waals surface area (Å²) in [4.78, 5) is 2.07. The zero-order chi connectivity index (χ0) is 15.7. The van der Waals surface area contributed by atoms with Crippen LogP contribution >= 0.6 is 0 Å². The molecule has 2 fully saturated rings. The molecule has 1 saturated carbocycles. The third-order valence-corrected chi connectivity index (χ3v) is 6.71. The number of hydrogen-bond donors (Lipinski definition) is 1. The average molecular weight is 327 g/mol. The van der Waals surface area contributed by atoms with Gasteiger partial charge in [-0.3, -0.25) is 4.57 Å². The second-order valence-corrected chi connectivity index (χ2v) is 8.18. The normalized spacial score (nSPS) is 23.0. The molecule has 1 aromatic heterocycles.